The summed E-state index contributed by atoms with van der Waals surface area (Å²) in [4.78, 5) is 0. The molecule has 0 saturated heterocycles. The minimum absolute atomic E-state index is 0.305. The van der Waals surface area contributed by atoms with Crippen molar-refractivity contribution in [2.45, 2.75) is 32.1 Å². The van der Waals surface area contributed by atoms with E-state index in [-0.39, 0.29) is 5.41 Å². The molecule has 0 nitrogen and oxygen atoms in total. The number of allylic oxidation sites excluding steroid dienone is 4. The number of hydrogen-bond donors (Lipinski definition) is 0. The van der Waals surface area contributed by atoms with E-state index in [4.69, 9.17) is 0 Å². The number of rotatable bonds is 2. The maximum Gasteiger partial charge on any atom is 0.0713 e. The Morgan fingerprint density at radius 3 is 2.26 bits per heavy atom. The van der Waals surface area contributed by atoms with Crippen molar-refractivity contribution in [3.63, 3.8) is 0 Å². The molecule has 2 atom stereocenters. The van der Waals surface area contributed by atoms with Gasteiger partial charge in [0.05, 0.1) is 5.41 Å². The molecule has 4 aromatic rings. The van der Waals surface area contributed by atoms with Gasteiger partial charge in [-0.05, 0) is 75.8 Å². The first-order valence-corrected chi connectivity index (χ1v) is 12.5. The Labute approximate surface area is 202 Å². The largest absolute Gasteiger partial charge is 0.0833 e. The van der Waals surface area contributed by atoms with Gasteiger partial charge < -0.3 is 0 Å². The van der Waals surface area contributed by atoms with Crippen molar-refractivity contribution in [3.8, 4) is 11.1 Å². The predicted molar refractivity (Wildman–Crippen MR) is 142 cm³/mol. The normalized spacial score (nSPS) is 21.8. The molecule has 0 radical (unpaired) electrons. The Hall–Kier alpha value is -3.64. The lowest BCUT2D eigenvalue weighted by Crippen LogP contribution is -2.28. The predicted octanol–water partition coefficient (Wildman–Crippen LogP) is 8.26. The lowest BCUT2D eigenvalue weighted by molar-refractivity contribution is 0.677. The minimum atomic E-state index is -0.305. The van der Waals surface area contributed by atoms with Crippen molar-refractivity contribution in [2.75, 3.05) is 0 Å². The van der Waals surface area contributed by atoms with Crippen LogP contribution in [0.15, 0.2) is 109 Å². The smallest absolute Gasteiger partial charge is 0.0713 e. The summed E-state index contributed by atoms with van der Waals surface area (Å²) < 4.78 is 0. The van der Waals surface area contributed by atoms with Crippen LogP contribution in [0.2, 0.25) is 0 Å². The summed E-state index contributed by atoms with van der Waals surface area (Å²) in [6, 6.07) is 34.3. The molecule has 7 rings (SSSR count). The molecule has 0 aromatic heterocycles. The van der Waals surface area contributed by atoms with Gasteiger partial charge in [-0.25, -0.2) is 0 Å². The molecule has 0 spiro atoms. The summed E-state index contributed by atoms with van der Waals surface area (Å²) in [5.74, 6) is 0.621. The molecule has 0 fully saturated rings. The van der Waals surface area contributed by atoms with E-state index in [1.54, 1.807) is 5.57 Å². The number of hydrogen-bond acceptors (Lipinski definition) is 0. The van der Waals surface area contributed by atoms with E-state index in [9.17, 15) is 0 Å². The van der Waals surface area contributed by atoms with Gasteiger partial charge in [0.1, 0.15) is 0 Å². The van der Waals surface area contributed by atoms with E-state index in [1.807, 2.05) is 0 Å². The molecular formula is C34H28. The summed E-state index contributed by atoms with van der Waals surface area (Å²) in [5.41, 5.74) is 15.4. The summed E-state index contributed by atoms with van der Waals surface area (Å²) in [6.07, 6.45) is 6.97. The highest BCUT2D eigenvalue weighted by molar-refractivity contribution is 5.95. The lowest BCUT2D eigenvalue weighted by atomic mass is 9.67. The van der Waals surface area contributed by atoms with Gasteiger partial charge in [0, 0.05) is 0 Å². The van der Waals surface area contributed by atoms with Crippen molar-refractivity contribution in [1.82, 2.24) is 0 Å². The first kappa shape index (κ1) is 19.8. The van der Waals surface area contributed by atoms with Crippen LogP contribution in [0.25, 0.3) is 16.7 Å². The second-order valence-electron chi connectivity index (χ2n) is 10.2. The Morgan fingerprint density at radius 1 is 0.706 bits per heavy atom. The van der Waals surface area contributed by atoms with Gasteiger partial charge >= 0.3 is 0 Å². The van der Waals surface area contributed by atoms with Crippen molar-refractivity contribution in [1.29, 1.82) is 0 Å². The van der Waals surface area contributed by atoms with Crippen LogP contribution in [0.3, 0.4) is 0 Å². The molecular weight excluding hydrogens is 408 g/mol. The van der Waals surface area contributed by atoms with Gasteiger partial charge in [0.25, 0.3) is 0 Å². The molecule has 2 unspecified atom stereocenters. The molecule has 0 heteroatoms. The van der Waals surface area contributed by atoms with E-state index >= 15 is 0 Å². The van der Waals surface area contributed by atoms with Crippen molar-refractivity contribution < 1.29 is 0 Å². The average molecular weight is 437 g/mol. The highest BCUT2D eigenvalue weighted by Crippen LogP contribution is 2.59. The number of aryl methyl sites for hydroxylation is 1. The third-order valence-corrected chi connectivity index (χ3v) is 8.38. The van der Waals surface area contributed by atoms with Gasteiger partial charge in [-0.15, -0.1) is 0 Å². The fourth-order valence-corrected chi connectivity index (χ4v) is 6.78. The van der Waals surface area contributed by atoms with Gasteiger partial charge in [0.15, 0.2) is 0 Å². The van der Waals surface area contributed by atoms with Crippen LogP contribution < -0.4 is 0 Å². The van der Waals surface area contributed by atoms with Crippen LogP contribution in [0.4, 0.5) is 0 Å². The molecule has 3 aliphatic rings. The second kappa shape index (κ2) is 7.18. The summed E-state index contributed by atoms with van der Waals surface area (Å²) >= 11 is 0. The Kier molecular flexibility index (Phi) is 4.18. The fraction of sp³-hybridized carbons (Fsp3) is 0.176. The minimum Gasteiger partial charge on any atom is -0.0833 e. The van der Waals surface area contributed by atoms with Gasteiger partial charge in [0.2, 0.25) is 0 Å². The maximum atomic E-state index is 2.43. The quantitative estimate of drug-likeness (QED) is 0.261. The van der Waals surface area contributed by atoms with Crippen LogP contribution >= 0.6 is 0 Å². The zero-order valence-corrected chi connectivity index (χ0v) is 19.8. The van der Waals surface area contributed by atoms with E-state index in [0.717, 1.165) is 12.8 Å². The average Bonchev–Trinajstić information content (AvgIpc) is 3.40. The Balaban J connectivity index is 1.59. The monoisotopic (exact) mass is 436 g/mol. The molecule has 4 aromatic carbocycles. The summed E-state index contributed by atoms with van der Waals surface area (Å²) in [7, 11) is 0. The van der Waals surface area contributed by atoms with E-state index in [2.05, 4.69) is 117 Å². The Bertz CT molecular complexity index is 1500. The molecule has 34 heavy (non-hydrogen) atoms. The topological polar surface area (TPSA) is 0 Å². The van der Waals surface area contributed by atoms with E-state index in [1.165, 1.54) is 55.6 Å². The molecule has 164 valence electrons. The Morgan fingerprint density at radius 2 is 1.44 bits per heavy atom. The first-order chi connectivity index (χ1) is 16.7. The molecule has 0 amide bonds. The SMILES string of the molecule is Cc1ccc(C2(c3ccccc3)c3ccccc3-c3c2ccc2c3CC3=C2C=CCC3C)cc1. The first-order valence-electron chi connectivity index (χ1n) is 12.5. The lowest BCUT2D eigenvalue weighted by Gasteiger charge is -2.34. The van der Waals surface area contributed by atoms with E-state index < -0.39 is 0 Å². The van der Waals surface area contributed by atoms with Crippen molar-refractivity contribution in [3.05, 3.63) is 148 Å². The van der Waals surface area contributed by atoms with Crippen LogP contribution in [0, 0.1) is 12.8 Å². The zero-order valence-electron chi connectivity index (χ0n) is 19.8. The highest BCUT2D eigenvalue weighted by Gasteiger charge is 2.47. The van der Waals surface area contributed by atoms with Gasteiger partial charge in [-0.2, -0.15) is 0 Å². The molecule has 0 heterocycles. The maximum absolute atomic E-state index is 2.43. The van der Waals surface area contributed by atoms with Gasteiger partial charge in [-0.1, -0.05) is 121 Å². The molecule has 0 aliphatic heterocycles. The molecule has 3 aliphatic carbocycles. The van der Waals surface area contributed by atoms with Crippen molar-refractivity contribution >= 4 is 5.57 Å². The number of benzene rings is 4. The third kappa shape index (κ3) is 2.49. The molecule has 0 bridgehead atoms. The summed E-state index contributed by atoms with van der Waals surface area (Å²) in [6.45, 7) is 4.56. The number of fused-ring (bicyclic) bond motifs is 6. The standard InChI is InChI=1S/C34H28/c1-22-15-17-25(18-16-22)34(24-10-4-3-5-11-24)31-14-7-6-12-28(31)33-30-21-29-23(2)9-8-13-26(29)27(30)19-20-32(33)34/h3-8,10-20,23H,9,21H2,1-2H3. The van der Waals surface area contributed by atoms with Gasteiger partial charge in [-0.3, -0.25) is 0 Å². The van der Waals surface area contributed by atoms with Crippen LogP contribution in [0.5, 0.6) is 0 Å². The van der Waals surface area contributed by atoms with Crippen molar-refractivity contribution in [2.24, 2.45) is 5.92 Å². The molecule has 0 saturated carbocycles. The fourth-order valence-electron chi connectivity index (χ4n) is 6.78. The second-order valence-corrected chi connectivity index (χ2v) is 10.2. The van der Waals surface area contributed by atoms with Crippen LogP contribution in [-0.4, -0.2) is 0 Å². The summed E-state index contributed by atoms with van der Waals surface area (Å²) in [5, 5.41) is 0. The molecule has 0 N–H and O–H groups in total. The van der Waals surface area contributed by atoms with Crippen LogP contribution in [-0.2, 0) is 11.8 Å². The van der Waals surface area contributed by atoms with E-state index in [0.29, 0.717) is 5.92 Å². The van der Waals surface area contributed by atoms with Crippen LogP contribution in [0.1, 0.15) is 52.3 Å². The zero-order chi connectivity index (χ0) is 22.9. The highest BCUT2D eigenvalue weighted by atomic mass is 14.5. The third-order valence-electron chi connectivity index (χ3n) is 8.38.